The standard InChI is InChI=1S/C17H18N4OS/c1-11(12-2-5-19-6-3-12)8-16(22)21-17-14(9-18)13-4-7-20-10-15(13)23-17/h2-3,5-6,11,20H,4,7-8,10H2,1H3,(H,21,22)/t11-/m0/s1. The molecule has 0 aromatic carbocycles. The summed E-state index contributed by atoms with van der Waals surface area (Å²) in [6, 6.07) is 6.10. The molecule has 6 heteroatoms. The minimum Gasteiger partial charge on any atom is -0.317 e. The van der Waals surface area contributed by atoms with Gasteiger partial charge in [-0.1, -0.05) is 6.92 Å². The molecule has 1 amide bonds. The Balaban J connectivity index is 1.71. The minimum atomic E-state index is -0.0580. The summed E-state index contributed by atoms with van der Waals surface area (Å²) in [4.78, 5) is 17.5. The second-order valence-corrected chi connectivity index (χ2v) is 6.79. The number of thiophene rings is 1. The second-order valence-electron chi connectivity index (χ2n) is 5.68. The van der Waals surface area contributed by atoms with Crippen molar-refractivity contribution < 1.29 is 4.79 Å². The van der Waals surface area contributed by atoms with Crippen molar-refractivity contribution in [2.45, 2.75) is 32.2 Å². The van der Waals surface area contributed by atoms with Gasteiger partial charge in [0.05, 0.1) is 5.56 Å². The summed E-state index contributed by atoms with van der Waals surface area (Å²) >= 11 is 1.51. The summed E-state index contributed by atoms with van der Waals surface area (Å²) in [5.74, 6) is 0.0529. The maximum Gasteiger partial charge on any atom is 0.225 e. The molecular formula is C17H18N4OS. The van der Waals surface area contributed by atoms with Crippen molar-refractivity contribution >= 4 is 22.2 Å². The molecule has 2 aromatic rings. The largest absolute Gasteiger partial charge is 0.317 e. The zero-order valence-electron chi connectivity index (χ0n) is 12.9. The molecule has 1 atom stereocenters. The number of carbonyl (C=O) groups is 1. The maximum atomic E-state index is 12.3. The summed E-state index contributed by atoms with van der Waals surface area (Å²) in [5.41, 5.74) is 2.82. The normalized spacial score (nSPS) is 14.6. The fraction of sp³-hybridized carbons (Fsp3) is 0.353. The topological polar surface area (TPSA) is 77.8 Å². The van der Waals surface area contributed by atoms with Crippen LogP contribution in [0.2, 0.25) is 0 Å². The molecule has 0 fully saturated rings. The molecule has 0 saturated carbocycles. The van der Waals surface area contributed by atoms with Crippen molar-refractivity contribution in [3.05, 3.63) is 46.1 Å². The molecule has 2 N–H and O–H groups in total. The minimum absolute atomic E-state index is 0.0580. The van der Waals surface area contributed by atoms with Gasteiger partial charge in [0.25, 0.3) is 0 Å². The molecular weight excluding hydrogens is 308 g/mol. The van der Waals surface area contributed by atoms with Crippen LogP contribution >= 0.6 is 11.3 Å². The number of amides is 1. The smallest absolute Gasteiger partial charge is 0.225 e. The monoisotopic (exact) mass is 326 g/mol. The van der Waals surface area contributed by atoms with Gasteiger partial charge < -0.3 is 10.6 Å². The van der Waals surface area contributed by atoms with Crippen LogP contribution in [0.3, 0.4) is 0 Å². The predicted molar refractivity (Wildman–Crippen MR) is 90.3 cm³/mol. The summed E-state index contributed by atoms with van der Waals surface area (Å²) in [5, 5.41) is 16.3. The Bertz CT molecular complexity index is 748. The van der Waals surface area contributed by atoms with Crippen LogP contribution in [0.5, 0.6) is 0 Å². The van der Waals surface area contributed by atoms with Crippen LogP contribution < -0.4 is 10.6 Å². The highest BCUT2D eigenvalue weighted by atomic mass is 32.1. The average Bonchev–Trinajstić information content (AvgIpc) is 2.92. The number of nitriles is 1. The van der Waals surface area contributed by atoms with Gasteiger partial charge >= 0.3 is 0 Å². The van der Waals surface area contributed by atoms with E-state index in [0.717, 1.165) is 35.5 Å². The van der Waals surface area contributed by atoms with Gasteiger partial charge in [0.2, 0.25) is 5.91 Å². The highest BCUT2D eigenvalue weighted by Gasteiger charge is 2.22. The molecule has 0 unspecified atom stereocenters. The van der Waals surface area contributed by atoms with Crippen molar-refractivity contribution in [2.24, 2.45) is 0 Å². The summed E-state index contributed by atoms with van der Waals surface area (Å²) in [6.07, 6.45) is 4.70. The first-order valence-corrected chi connectivity index (χ1v) is 8.45. The van der Waals surface area contributed by atoms with E-state index >= 15 is 0 Å². The Hall–Kier alpha value is -2.23. The summed E-state index contributed by atoms with van der Waals surface area (Å²) < 4.78 is 0. The molecule has 23 heavy (non-hydrogen) atoms. The van der Waals surface area contributed by atoms with Gasteiger partial charge in [-0.25, -0.2) is 0 Å². The lowest BCUT2D eigenvalue weighted by Crippen LogP contribution is -2.22. The Labute approximate surface area is 139 Å². The van der Waals surface area contributed by atoms with Crippen LogP contribution in [-0.2, 0) is 17.8 Å². The van der Waals surface area contributed by atoms with E-state index in [-0.39, 0.29) is 11.8 Å². The van der Waals surface area contributed by atoms with E-state index in [2.05, 4.69) is 21.7 Å². The molecule has 2 aromatic heterocycles. The van der Waals surface area contributed by atoms with Gasteiger partial charge in [0.1, 0.15) is 11.1 Å². The summed E-state index contributed by atoms with van der Waals surface area (Å²) in [7, 11) is 0. The van der Waals surface area contributed by atoms with Gasteiger partial charge in [0.15, 0.2) is 0 Å². The van der Waals surface area contributed by atoms with Crippen LogP contribution in [0.25, 0.3) is 0 Å². The van der Waals surface area contributed by atoms with Gasteiger partial charge in [0, 0.05) is 30.2 Å². The van der Waals surface area contributed by atoms with Crippen molar-refractivity contribution in [1.29, 1.82) is 5.26 Å². The Morgan fingerprint density at radius 2 is 2.30 bits per heavy atom. The third-order valence-electron chi connectivity index (χ3n) is 4.06. The highest BCUT2D eigenvalue weighted by Crippen LogP contribution is 2.35. The molecule has 5 nitrogen and oxygen atoms in total. The number of anilines is 1. The SMILES string of the molecule is C[C@@H](CC(=O)Nc1sc2c(c1C#N)CCNC2)c1ccncc1. The quantitative estimate of drug-likeness (QED) is 0.905. The Morgan fingerprint density at radius 3 is 3.04 bits per heavy atom. The van der Waals surface area contributed by atoms with Crippen molar-refractivity contribution in [3.63, 3.8) is 0 Å². The van der Waals surface area contributed by atoms with E-state index in [0.29, 0.717) is 17.0 Å². The van der Waals surface area contributed by atoms with Gasteiger partial charge in [-0.3, -0.25) is 9.78 Å². The lowest BCUT2D eigenvalue weighted by Gasteiger charge is -2.12. The molecule has 118 valence electrons. The number of hydrogen-bond acceptors (Lipinski definition) is 5. The van der Waals surface area contributed by atoms with E-state index in [1.807, 2.05) is 19.1 Å². The zero-order valence-corrected chi connectivity index (χ0v) is 13.7. The lowest BCUT2D eigenvalue weighted by molar-refractivity contribution is -0.116. The van der Waals surface area contributed by atoms with E-state index in [1.165, 1.54) is 11.3 Å². The Morgan fingerprint density at radius 1 is 1.52 bits per heavy atom. The van der Waals surface area contributed by atoms with Crippen LogP contribution in [0.4, 0.5) is 5.00 Å². The first kappa shape index (κ1) is 15.7. The van der Waals surface area contributed by atoms with Crippen LogP contribution in [0, 0.1) is 11.3 Å². The average molecular weight is 326 g/mol. The molecule has 0 spiro atoms. The number of pyridine rings is 1. The third kappa shape index (κ3) is 3.41. The zero-order chi connectivity index (χ0) is 16.2. The molecule has 0 radical (unpaired) electrons. The number of hydrogen-bond donors (Lipinski definition) is 2. The van der Waals surface area contributed by atoms with Gasteiger partial charge in [-0.05, 0) is 42.1 Å². The molecule has 1 aliphatic rings. The van der Waals surface area contributed by atoms with E-state index in [9.17, 15) is 10.1 Å². The maximum absolute atomic E-state index is 12.3. The van der Waals surface area contributed by atoms with E-state index in [1.54, 1.807) is 12.4 Å². The fourth-order valence-corrected chi connectivity index (χ4v) is 3.99. The van der Waals surface area contributed by atoms with Crippen LogP contribution in [0.1, 0.15) is 40.8 Å². The number of nitrogens with one attached hydrogen (secondary N) is 2. The number of fused-ring (bicyclic) bond motifs is 1. The molecule has 0 aliphatic carbocycles. The number of aromatic nitrogens is 1. The predicted octanol–water partition coefficient (Wildman–Crippen LogP) is 2.79. The fourth-order valence-electron chi connectivity index (χ4n) is 2.81. The number of carbonyl (C=O) groups excluding carboxylic acids is 1. The van der Waals surface area contributed by atoms with Crippen molar-refractivity contribution in [3.8, 4) is 6.07 Å². The molecule has 3 rings (SSSR count). The molecule has 1 aliphatic heterocycles. The van der Waals surface area contributed by atoms with Crippen LogP contribution in [0.15, 0.2) is 24.5 Å². The number of rotatable bonds is 4. The molecule has 3 heterocycles. The lowest BCUT2D eigenvalue weighted by atomic mass is 9.98. The van der Waals surface area contributed by atoms with Gasteiger partial charge in [-0.2, -0.15) is 5.26 Å². The first-order valence-electron chi connectivity index (χ1n) is 7.64. The second kappa shape index (κ2) is 6.90. The first-order chi connectivity index (χ1) is 11.2. The third-order valence-corrected chi connectivity index (χ3v) is 5.21. The summed E-state index contributed by atoms with van der Waals surface area (Å²) in [6.45, 7) is 3.67. The van der Waals surface area contributed by atoms with Crippen molar-refractivity contribution in [2.75, 3.05) is 11.9 Å². The van der Waals surface area contributed by atoms with E-state index in [4.69, 9.17) is 0 Å². The number of nitrogens with zero attached hydrogens (tertiary/aromatic N) is 2. The highest BCUT2D eigenvalue weighted by molar-refractivity contribution is 7.16. The van der Waals surface area contributed by atoms with Crippen LogP contribution in [-0.4, -0.2) is 17.4 Å². The molecule has 0 saturated heterocycles. The van der Waals surface area contributed by atoms with Crippen molar-refractivity contribution in [1.82, 2.24) is 10.3 Å². The Kier molecular flexibility index (Phi) is 4.70. The van der Waals surface area contributed by atoms with Gasteiger partial charge in [-0.15, -0.1) is 11.3 Å². The van der Waals surface area contributed by atoms with E-state index < -0.39 is 0 Å². The molecule has 0 bridgehead atoms.